The first-order valence-corrected chi connectivity index (χ1v) is 4.81. The van der Waals surface area contributed by atoms with E-state index in [1.807, 2.05) is 0 Å². The predicted molar refractivity (Wildman–Crippen MR) is 57.0 cm³/mol. The van der Waals surface area contributed by atoms with E-state index in [9.17, 15) is 0 Å². The van der Waals surface area contributed by atoms with Gasteiger partial charge in [0, 0.05) is 0 Å². The predicted octanol–water partition coefficient (Wildman–Crippen LogP) is 2.92. The van der Waals surface area contributed by atoms with Crippen molar-refractivity contribution in [2.75, 3.05) is 19.7 Å². The van der Waals surface area contributed by atoms with Gasteiger partial charge in [-0.25, -0.2) is 0 Å². The molecule has 0 aromatic heterocycles. The van der Waals surface area contributed by atoms with Crippen molar-refractivity contribution < 1.29 is 9.00 Å². The van der Waals surface area contributed by atoms with Crippen molar-refractivity contribution in [3.63, 3.8) is 0 Å². The SMILES string of the molecule is C=CC[N+](Cl)(CC=C)OCC(C)C. The highest BCUT2D eigenvalue weighted by molar-refractivity contribution is 6.06. The molecular weight excluding hydrogens is 186 g/mol. The summed E-state index contributed by atoms with van der Waals surface area (Å²) in [6.07, 6.45) is 3.49. The van der Waals surface area contributed by atoms with Crippen LogP contribution in [-0.4, -0.2) is 23.9 Å². The monoisotopic (exact) mass is 204 g/mol. The summed E-state index contributed by atoms with van der Waals surface area (Å²) in [7, 11) is 0. The van der Waals surface area contributed by atoms with Crippen LogP contribution in [0.5, 0.6) is 0 Å². The summed E-state index contributed by atoms with van der Waals surface area (Å²) >= 11 is 6.16. The molecule has 13 heavy (non-hydrogen) atoms. The maximum absolute atomic E-state index is 6.16. The molecule has 0 aliphatic carbocycles. The van der Waals surface area contributed by atoms with Crippen LogP contribution in [0.2, 0.25) is 0 Å². The minimum Gasteiger partial charge on any atom is -0.183 e. The lowest BCUT2D eigenvalue weighted by atomic mass is 10.2. The highest BCUT2D eigenvalue weighted by atomic mass is 35.5. The van der Waals surface area contributed by atoms with Gasteiger partial charge in [0.15, 0.2) is 0 Å². The van der Waals surface area contributed by atoms with Crippen LogP contribution in [0.25, 0.3) is 0 Å². The first-order valence-electron chi connectivity index (χ1n) is 4.47. The number of hydroxylamine groups is 2. The Kier molecular flexibility index (Phi) is 6.04. The van der Waals surface area contributed by atoms with E-state index in [1.165, 1.54) is 0 Å². The molecule has 0 N–H and O–H groups in total. The summed E-state index contributed by atoms with van der Waals surface area (Å²) in [4.78, 5) is 5.53. The molecule has 0 unspecified atom stereocenters. The lowest BCUT2D eigenvalue weighted by Crippen LogP contribution is -2.39. The van der Waals surface area contributed by atoms with E-state index in [-0.39, 0.29) is 4.17 Å². The summed E-state index contributed by atoms with van der Waals surface area (Å²) < 4.78 is 0.0190. The molecule has 0 aliphatic rings. The topological polar surface area (TPSA) is 9.23 Å². The van der Waals surface area contributed by atoms with E-state index >= 15 is 0 Å². The summed E-state index contributed by atoms with van der Waals surface area (Å²) in [5.74, 6) is 0.478. The van der Waals surface area contributed by atoms with Gasteiger partial charge in [-0.3, -0.25) is 0 Å². The van der Waals surface area contributed by atoms with Gasteiger partial charge in [0.2, 0.25) is 11.8 Å². The highest BCUT2D eigenvalue weighted by Crippen LogP contribution is 2.15. The van der Waals surface area contributed by atoms with E-state index in [1.54, 1.807) is 12.2 Å². The third kappa shape index (κ3) is 5.86. The van der Waals surface area contributed by atoms with E-state index in [2.05, 4.69) is 27.0 Å². The first kappa shape index (κ1) is 12.7. The molecule has 0 aromatic rings. The number of quaternary nitrogens is 1. The standard InChI is InChI=1S/C10H19ClNO/c1-5-7-12(11,8-6-2)13-9-10(3)4/h5-6,10H,1-2,7-9H2,3-4H3/q+1. The maximum Gasteiger partial charge on any atom is 0.205 e. The molecule has 0 bridgehead atoms. The molecule has 0 fully saturated rings. The van der Waals surface area contributed by atoms with Gasteiger partial charge in [-0.05, 0) is 18.1 Å². The molecule has 0 aromatic carbocycles. The van der Waals surface area contributed by atoms with Crippen LogP contribution < -0.4 is 0 Å². The Labute approximate surface area is 86.1 Å². The number of rotatable bonds is 7. The van der Waals surface area contributed by atoms with Crippen molar-refractivity contribution in [2.24, 2.45) is 5.92 Å². The van der Waals surface area contributed by atoms with E-state index < -0.39 is 0 Å². The molecule has 0 saturated heterocycles. The summed E-state index contributed by atoms with van der Waals surface area (Å²) in [6.45, 7) is 13.3. The Bertz CT molecular complexity index is 158. The van der Waals surface area contributed by atoms with Gasteiger partial charge < -0.3 is 0 Å². The fraction of sp³-hybridized carbons (Fsp3) is 0.600. The van der Waals surface area contributed by atoms with Crippen molar-refractivity contribution in [3.8, 4) is 0 Å². The molecule has 0 aliphatic heterocycles. The quantitative estimate of drug-likeness (QED) is 0.352. The summed E-state index contributed by atoms with van der Waals surface area (Å²) in [6, 6.07) is 0. The average molecular weight is 205 g/mol. The molecule has 0 saturated carbocycles. The van der Waals surface area contributed by atoms with E-state index in [0.29, 0.717) is 25.6 Å². The Morgan fingerprint density at radius 1 is 1.31 bits per heavy atom. The van der Waals surface area contributed by atoms with Crippen LogP contribution in [0.4, 0.5) is 0 Å². The van der Waals surface area contributed by atoms with Crippen molar-refractivity contribution in [1.29, 1.82) is 0 Å². The number of hydrogen-bond acceptors (Lipinski definition) is 1. The molecule has 0 spiro atoms. The molecule has 2 nitrogen and oxygen atoms in total. The molecule has 76 valence electrons. The fourth-order valence-corrected chi connectivity index (χ4v) is 1.10. The summed E-state index contributed by atoms with van der Waals surface area (Å²) in [5.41, 5.74) is 0. The Balaban J connectivity index is 4.05. The van der Waals surface area contributed by atoms with Gasteiger partial charge >= 0.3 is 0 Å². The van der Waals surface area contributed by atoms with Crippen LogP contribution in [0.3, 0.4) is 0 Å². The van der Waals surface area contributed by atoms with Gasteiger partial charge in [-0.2, -0.15) is 4.84 Å². The molecule has 0 radical (unpaired) electrons. The van der Waals surface area contributed by atoms with Crippen LogP contribution in [0.1, 0.15) is 13.8 Å². The largest absolute Gasteiger partial charge is 0.205 e. The third-order valence-electron chi connectivity index (χ3n) is 1.44. The number of nitrogens with zero attached hydrogens (tertiary/aromatic N) is 1. The second-order valence-electron chi connectivity index (χ2n) is 3.42. The van der Waals surface area contributed by atoms with Gasteiger partial charge in [0.05, 0.1) is 0 Å². The van der Waals surface area contributed by atoms with Gasteiger partial charge in [0.1, 0.15) is 19.7 Å². The highest BCUT2D eigenvalue weighted by Gasteiger charge is 2.25. The van der Waals surface area contributed by atoms with Gasteiger partial charge in [0.25, 0.3) is 0 Å². The van der Waals surface area contributed by atoms with E-state index in [0.717, 1.165) is 0 Å². The maximum atomic E-state index is 6.16. The third-order valence-corrected chi connectivity index (χ3v) is 1.82. The van der Waals surface area contributed by atoms with Crippen LogP contribution in [0.15, 0.2) is 25.3 Å². The van der Waals surface area contributed by atoms with Crippen LogP contribution in [-0.2, 0) is 4.84 Å². The average Bonchev–Trinajstić information content (AvgIpc) is 2.02. The van der Waals surface area contributed by atoms with Gasteiger partial charge in [-0.15, -0.1) is 0 Å². The second kappa shape index (κ2) is 6.19. The molecule has 0 rings (SSSR count). The Hall–Kier alpha value is -0.310. The second-order valence-corrected chi connectivity index (χ2v) is 4.04. The zero-order chi connectivity index (χ0) is 10.3. The lowest BCUT2D eigenvalue weighted by Gasteiger charge is -2.24. The van der Waals surface area contributed by atoms with E-state index in [4.69, 9.17) is 16.6 Å². The van der Waals surface area contributed by atoms with Crippen LogP contribution in [0, 0.1) is 5.92 Å². The van der Waals surface area contributed by atoms with Crippen molar-refractivity contribution in [3.05, 3.63) is 25.3 Å². The Morgan fingerprint density at radius 2 is 1.77 bits per heavy atom. The minimum absolute atomic E-state index is 0.0190. The molecule has 0 atom stereocenters. The van der Waals surface area contributed by atoms with Crippen LogP contribution >= 0.6 is 11.8 Å². The zero-order valence-electron chi connectivity index (χ0n) is 8.50. The van der Waals surface area contributed by atoms with Crippen molar-refractivity contribution in [2.45, 2.75) is 13.8 Å². The van der Waals surface area contributed by atoms with Crippen molar-refractivity contribution in [1.82, 2.24) is 0 Å². The normalized spacial score (nSPS) is 11.7. The minimum atomic E-state index is 0.0190. The lowest BCUT2D eigenvalue weighted by molar-refractivity contribution is -1.01. The number of hydrogen-bond donors (Lipinski definition) is 0. The summed E-state index contributed by atoms with van der Waals surface area (Å²) in [5, 5.41) is 0. The molecule has 3 heteroatoms. The van der Waals surface area contributed by atoms with Gasteiger partial charge in [-0.1, -0.05) is 31.2 Å². The van der Waals surface area contributed by atoms with Crippen molar-refractivity contribution >= 4 is 11.8 Å². The molecule has 0 amide bonds. The molecular formula is C10H19ClNO+. The smallest absolute Gasteiger partial charge is 0.183 e. The zero-order valence-corrected chi connectivity index (χ0v) is 9.26. The molecule has 0 heterocycles. The Morgan fingerprint density at radius 3 is 2.08 bits per heavy atom. The first-order chi connectivity index (χ1) is 6.04. The number of halogens is 1. The fourth-order valence-electron chi connectivity index (χ4n) is 0.848.